The molecule has 0 aliphatic heterocycles. The summed E-state index contributed by atoms with van der Waals surface area (Å²) in [6, 6.07) is 7.74. The second kappa shape index (κ2) is 4.23. The summed E-state index contributed by atoms with van der Waals surface area (Å²) in [5, 5.41) is 0. The zero-order valence-electron chi connectivity index (χ0n) is 8.23. The summed E-state index contributed by atoms with van der Waals surface area (Å²) in [6.07, 6.45) is 3.35. The van der Waals surface area contributed by atoms with Crippen LogP contribution in [0.4, 0.5) is 0 Å². The molecular weight excluding hydrogens is 208 g/mol. The van der Waals surface area contributed by atoms with Gasteiger partial charge in [-0.3, -0.25) is 4.98 Å². The molecule has 1 heterocycles. The Morgan fingerprint density at radius 2 is 2.20 bits per heavy atom. The lowest BCUT2D eigenvalue weighted by molar-refractivity contribution is 0.415. The summed E-state index contributed by atoms with van der Waals surface area (Å²) in [5.41, 5.74) is 1.90. The number of aromatic amines is 1. The molecule has 0 fully saturated rings. The van der Waals surface area contributed by atoms with Gasteiger partial charge in [-0.2, -0.15) is 0 Å². The second-order valence-corrected chi connectivity index (χ2v) is 3.48. The smallest absolute Gasteiger partial charge is 0.122 e. The number of nitrogens with zero attached hydrogens (tertiary/aromatic N) is 1. The maximum Gasteiger partial charge on any atom is 0.122 e. The van der Waals surface area contributed by atoms with E-state index in [1.54, 1.807) is 19.5 Å². The number of benzene rings is 1. The average molecular weight is 218 g/mol. The van der Waals surface area contributed by atoms with Crippen LogP contribution < -0.4 is 4.74 Å². The molecule has 0 atom stereocenters. The number of rotatable bonds is 2. The third-order valence-corrected chi connectivity index (χ3v) is 2.24. The standard InChI is InChI=1S/C11H10N2OS/c1-14-9-4-2-3-8(5-9)10-6-12-7-11(15)13-10/h2-7H,1H3,(H,13,15). The van der Waals surface area contributed by atoms with Crippen LogP contribution >= 0.6 is 12.2 Å². The van der Waals surface area contributed by atoms with E-state index in [4.69, 9.17) is 17.0 Å². The van der Waals surface area contributed by atoms with Crippen molar-refractivity contribution in [3.05, 3.63) is 41.3 Å². The van der Waals surface area contributed by atoms with Gasteiger partial charge in [-0.05, 0) is 12.1 Å². The van der Waals surface area contributed by atoms with Crippen LogP contribution in [-0.2, 0) is 0 Å². The zero-order valence-corrected chi connectivity index (χ0v) is 9.04. The lowest BCUT2D eigenvalue weighted by Crippen LogP contribution is -1.87. The highest BCUT2D eigenvalue weighted by Gasteiger charge is 1.99. The predicted octanol–water partition coefficient (Wildman–Crippen LogP) is 2.81. The van der Waals surface area contributed by atoms with Crippen LogP contribution in [-0.4, -0.2) is 17.1 Å². The fraction of sp³-hybridized carbons (Fsp3) is 0.0909. The minimum Gasteiger partial charge on any atom is -0.497 e. The van der Waals surface area contributed by atoms with Gasteiger partial charge in [0.15, 0.2) is 0 Å². The quantitative estimate of drug-likeness (QED) is 0.788. The van der Waals surface area contributed by atoms with Crippen molar-refractivity contribution in [1.82, 2.24) is 9.97 Å². The highest BCUT2D eigenvalue weighted by molar-refractivity contribution is 7.71. The van der Waals surface area contributed by atoms with Gasteiger partial charge in [-0.15, -0.1) is 0 Å². The minimum atomic E-state index is 0.621. The first-order chi connectivity index (χ1) is 7.29. The molecule has 15 heavy (non-hydrogen) atoms. The zero-order chi connectivity index (χ0) is 10.7. The first-order valence-corrected chi connectivity index (χ1v) is 4.89. The Hall–Kier alpha value is -1.68. The molecule has 1 aromatic heterocycles. The molecule has 0 aliphatic rings. The van der Waals surface area contributed by atoms with Crippen molar-refractivity contribution < 1.29 is 4.74 Å². The molecule has 2 rings (SSSR count). The normalized spacial score (nSPS) is 9.93. The fourth-order valence-electron chi connectivity index (χ4n) is 1.31. The first-order valence-electron chi connectivity index (χ1n) is 4.48. The van der Waals surface area contributed by atoms with Crippen molar-refractivity contribution in [3.8, 4) is 17.0 Å². The van der Waals surface area contributed by atoms with Gasteiger partial charge < -0.3 is 9.72 Å². The number of H-pyrrole nitrogens is 1. The minimum absolute atomic E-state index is 0.621. The highest BCUT2D eigenvalue weighted by Crippen LogP contribution is 2.20. The molecule has 0 spiro atoms. The molecule has 76 valence electrons. The van der Waals surface area contributed by atoms with E-state index in [0.717, 1.165) is 17.0 Å². The molecule has 0 amide bonds. The van der Waals surface area contributed by atoms with Gasteiger partial charge in [0.05, 0.1) is 25.2 Å². The fourth-order valence-corrected chi connectivity index (χ4v) is 1.48. The van der Waals surface area contributed by atoms with Gasteiger partial charge in [-0.25, -0.2) is 0 Å². The molecule has 0 radical (unpaired) electrons. The molecule has 2 aromatic rings. The SMILES string of the molecule is COc1cccc(-c2cncc(=S)[nH]2)c1. The molecule has 0 unspecified atom stereocenters. The van der Waals surface area contributed by atoms with Crippen LogP contribution in [0.2, 0.25) is 0 Å². The molecule has 3 nitrogen and oxygen atoms in total. The van der Waals surface area contributed by atoms with Gasteiger partial charge in [0.1, 0.15) is 10.4 Å². The van der Waals surface area contributed by atoms with E-state index in [0.29, 0.717) is 4.64 Å². The van der Waals surface area contributed by atoms with Gasteiger partial charge in [0.2, 0.25) is 0 Å². The molecule has 1 N–H and O–H groups in total. The van der Waals surface area contributed by atoms with Crippen molar-refractivity contribution in [2.24, 2.45) is 0 Å². The first kappa shape index (κ1) is 9.86. The Morgan fingerprint density at radius 1 is 1.33 bits per heavy atom. The lowest BCUT2D eigenvalue weighted by Gasteiger charge is -2.03. The van der Waals surface area contributed by atoms with E-state index in [1.165, 1.54) is 0 Å². The molecular formula is C11H10N2OS. The van der Waals surface area contributed by atoms with Crippen LogP contribution in [0.15, 0.2) is 36.7 Å². The van der Waals surface area contributed by atoms with Gasteiger partial charge in [0, 0.05) is 5.56 Å². The Bertz CT molecular complexity index is 522. The van der Waals surface area contributed by atoms with Crippen LogP contribution in [0.1, 0.15) is 0 Å². The van der Waals surface area contributed by atoms with Crippen molar-refractivity contribution in [3.63, 3.8) is 0 Å². The number of ether oxygens (including phenoxy) is 1. The topological polar surface area (TPSA) is 37.9 Å². The molecule has 1 aromatic carbocycles. The summed E-state index contributed by atoms with van der Waals surface area (Å²) >= 11 is 5.01. The van der Waals surface area contributed by atoms with E-state index < -0.39 is 0 Å². The number of nitrogens with one attached hydrogen (secondary N) is 1. The van der Waals surface area contributed by atoms with Crippen molar-refractivity contribution >= 4 is 12.2 Å². The van der Waals surface area contributed by atoms with Crippen LogP contribution in [0.5, 0.6) is 5.75 Å². The molecule has 0 aliphatic carbocycles. The molecule has 0 saturated carbocycles. The van der Waals surface area contributed by atoms with Gasteiger partial charge >= 0.3 is 0 Å². The monoisotopic (exact) mass is 218 g/mol. The average Bonchev–Trinajstić information content (AvgIpc) is 2.29. The number of methoxy groups -OCH3 is 1. The predicted molar refractivity (Wildman–Crippen MR) is 61.4 cm³/mol. The Labute approximate surface area is 92.8 Å². The molecule has 0 bridgehead atoms. The van der Waals surface area contributed by atoms with Crippen LogP contribution in [0, 0.1) is 4.64 Å². The highest BCUT2D eigenvalue weighted by atomic mass is 32.1. The number of hydrogen-bond donors (Lipinski definition) is 1. The third kappa shape index (κ3) is 2.22. The molecule has 4 heteroatoms. The second-order valence-electron chi connectivity index (χ2n) is 3.04. The largest absolute Gasteiger partial charge is 0.497 e. The van der Waals surface area contributed by atoms with E-state index in [1.807, 2.05) is 24.3 Å². The summed E-state index contributed by atoms with van der Waals surface area (Å²) in [7, 11) is 1.64. The number of hydrogen-bond acceptors (Lipinski definition) is 3. The summed E-state index contributed by atoms with van der Waals surface area (Å²) in [5.74, 6) is 0.815. The molecule has 0 saturated heterocycles. The van der Waals surface area contributed by atoms with Crippen LogP contribution in [0.25, 0.3) is 11.3 Å². The van der Waals surface area contributed by atoms with E-state index >= 15 is 0 Å². The van der Waals surface area contributed by atoms with E-state index in [-0.39, 0.29) is 0 Å². The Balaban J connectivity index is 2.49. The van der Waals surface area contributed by atoms with Gasteiger partial charge in [0.25, 0.3) is 0 Å². The van der Waals surface area contributed by atoms with E-state index in [2.05, 4.69) is 9.97 Å². The van der Waals surface area contributed by atoms with Crippen molar-refractivity contribution in [2.45, 2.75) is 0 Å². The lowest BCUT2D eigenvalue weighted by atomic mass is 10.1. The van der Waals surface area contributed by atoms with Crippen LogP contribution in [0.3, 0.4) is 0 Å². The van der Waals surface area contributed by atoms with Crippen molar-refractivity contribution in [2.75, 3.05) is 7.11 Å². The van der Waals surface area contributed by atoms with Gasteiger partial charge in [-0.1, -0.05) is 24.4 Å². The summed E-state index contributed by atoms with van der Waals surface area (Å²) in [4.78, 5) is 7.11. The Morgan fingerprint density at radius 3 is 2.93 bits per heavy atom. The van der Waals surface area contributed by atoms with Crippen molar-refractivity contribution in [1.29, 1.82) is 0 Å². The third-order valence-electron chi connectivity index (χ3n) is 2.03. The summed E-state index contributed by atoms with van der Waals surface area (Å²) in [6.45, 7) is 0. The maximum absolute atomic E-state index is 5.15. The number of aromatic nitrogens is 2. The van der Waals surface area contributed by atoms with E-state index in [9.17, 15) is 0 Å². The Kier molecular flexibility index (Phi) is 2.78. The summed E-state index contributed by atoms with van der Waals surface area (Å²) < 4.78 is 5.77. The maximum atomic E-state index is 5.15.